The van der Waals surface area contributed by atoms with Gasteiger partial charge in [0, 0.05) is 6.92 Å². The average Bonchev–Trinajstić information content (AvgIpc) is 2.53. The quantitative estimate of drug-likeness (QED) is 0.836. The topological polar surface area (TPSA) is 86.3 Å². The van der Waals surface area contributed by atoms with Crippen LogP contribution in [0, 0.1) is 0 Å². The van der Waals surface area contributed by atoms with Gasteiger partial charge in [-0.05, 0) is 26.0 Å². The van der Waals surface area contributed by atoms with Gasteiger partial charge in [-0.3, -0.25) is 4.79 Å². The van der Waals surface area contributed by atoms with Crippen LogP contribution in [0.2, 0.25) is 5.02 Å². The Kier molecular flexibility index (Phi) is 5.22. The number of rotatable bonds is 3. The Morgan fingerprint density at radius 2 is 2.12 bits per heavy atom. The zero-order chi connectivity index (χ0) is 18.2. The van der Waals surface area contributed by atoms with Crippen molar-refractivity contribution in [1.29, 1.82) is 0 Å². The molecule has 0 radical (unpaired) electrons. The Balaban J connectivity index is 1.83. The van der Waals surface area contributed by atoms with E-state index in [1.54, 1.807) is 38.1 Å². The highest BCUT2D eigenvalue weighted by Gasteiger charge is 2.52. The zero-order valence-corrected chi connectivity index (χ0v) is 15.0. The molecule has 138 valence electrons. The third-order valence-corrected chi connectivity index (χ3v) is 4.45. The average molecular weight is 372 g/mol. The lowest BCUT2D eigenvalue weighted by Crippen LogP contribution is -2.69. The molecule has 2 saturated heterocycles. The van der Waals surface area contributed by atoms with E-state index in [4.69, 9.17) is 30.5 Å². The first kappa shape index (κ1) is 18.4. The molecule has 1 aromatic rings. The van der Waals surface area contributed by atoms with Gasteiger partial charge in [-0.15, -0.1) is 0 Å². The number of aliphatic hydroxyl groups excluding tert-OH is 1. The summed E-state index contributed by atoms with van der Waals surface area (Å²) < 4.78 is 23.1. The molecular formula is C17H22ClNO6. The van der Waals surface area contributed by atoms with Crippen molar-refractivity contribution in [3.05, 3.63) is 29.3 Å². The van der Waals surface area contributed by atoms with Gasteiger partial charge in [-0.1, -0.05) is 23.7 Å². The van der Waals surface area contributed by atoms with Gasteiger partial charge >= 0.3 is 0 Å². The number of hydrogen-bond donors (Lipinski definition) is 2. The molecule has 2 heterocycles. The molecule has 8 heteroatoms. The van der Waals surface area contributed by atoms with Crippen molar-refractivity contribution in [3.8, 4) is 5.75 Å². The predicted molar refractivity (Wildman–Crippen MR) is 89.3 cm³/mol. The number of carbonyl (C=O) groups excluding carboxylic acids is 1. The molecule has 0 saturated carbocycles. The van der Waals surface area contributed by atoms with Gasteiger partial charge in [-0.2, -0.15) is 0 Å². The number of para-hydroxylation sites is 1. The fourth-order valence-electron chi connectivity index (χ4n) is 3.00. The molecule has 2 N–H and O–H groups in total. The number of carbonyl (C=O) groups is 1. The van der Waals surface area contributed by atoms with Gasteiger partial charge in [0.05, 0.1) is 11.6 Å². The van der Waals surface area contributed by atoms with E-state index in [-0.39, 0.29) is 12.5 Å². The van der Waals surface area contributed by atoms with Crippen molar-refractivity contribution in [3.63, 3.8) is 0 Å². The number of hydrogen-bond acceptors (Lipinski definition) is 6. The van der Waals surface area contributed by atoms with Crippen molar-refractivity contribution in [2.75, 3.05) is 6.61 Å². The van der Waals surface area contributed by atoms with Crippen LogP contribution >= 0.6 is 11.6 Å². The van der Waals surface area contributed by atoms with Crippen molar-refractivity contribution in [1.82, 2.24) is 5.32 Å². The largest absolute Gasteiger partial charge is 0.461 e. The lowest BCUT2D eigenvalue weighted by atomic mass is 9.95. The minimum Gasteiger partial charge on any atom is -0.461 e. The Hall–Kier alpha value is -1.38. The summed E-state index contributed by atoms with van der Waals surface area (Å²) in [5.41, 5.74) is 0. The molecule has 1 aromatic carbocycles. The summed E-state index contributed by atoms with van der Waals surface area (Å²) in [5, 5.41) is 13.9. The Bertz CT molecular complexity index is 639. The van der Waals surface area contributed by atoms with Crippen LogP contribution < -0.4 is 10.1 Å². The maximum absolute atomic E-state index is 11.6. The number of nitrogens with one attached hydrogen (secondary N) is 1. The molecule has 2 aliphatic heterocycles. The maximum Gasteiger partial charge on any atom is 0.223 e. The van der Waals surface area contributed by atoms with E-state index in [2.05, 4.69) is 5.32 Å². The van der Waals surface area contributed by atoms with E-state index in [1.807, 2.05) is 0 Å². The van der Waals surface area contributed by atoms with Crippen LogP contribution in [0.15, 0.2) is 24.3 Å². The van der Waals surface area contributed by atoms with Crippen LogP contribution in [-0.2, 0) is 19.0 Å². The molecule has 1 amide bonds. The summed E-state index contributed by atoms with van der Waals surface area (Å²) in [5.74, 6) is -0.763. The second-order valence-corrected chi connectivity index (χ2v) is 7.01. The fraction of sp³-hybridized carbons (Fsp3) is 0.588. The van der Waals surface area contributed by atoms with E-state index >= 15 is 0 Å². The fourth-order valence-corrected chi connectivity index (χ4v) is 3.18. The highest BCUT2D eigenvalue weighted by atomic mass is 35.5. The molecule has 2 fully saturated rings. The lowest BCUT2D eigenvalue weighted by Gasteiger charge is -2.49. The molecule has 7 nitrogen and oxygen atoms in total. The smallest absolute Gasteiger partial charge is 0.223 e. The van der Waals surface area contributed by atoms with E-state index < -0.39 is 36.4 Å². The number of aliphatic hydroxyl groups is 1. The van der Waals surface area contributed by atoms with E-state index in [9.17, 15) is 9.90 Å². The normalized spacial score (nSPS) is 34.0. The van der Waals surface area contributed by atoms with Gasteiger partial charge in [0.1, 0.15) is 30.1 Å². The van der Waals surface area contributed by atoms with E-state index in [0.29, 0.717) is 10.8 Å². The molecule has 5 atom stereocenters. The molecule has 0 aromatic heterocycles. The monoisotopic (exact) mass is 371 g/mol. The number of amides is 1. The Morgan fingerprint density at radius 3 is 2.80 bits per heavy atom. The minimum atomic E-state index is -1.03. The summed E-state index contributed by atoms with van der Waals surface area (Å²) in [4.78, 5) is 11.6. The highest BCUT2D eigenvalue weighted by Crippen LogP contribution is 2.34. The highest BCUT2D eigenvalue weighted by molar-refractivity contribution is 6.32. The minimum absolute atomic E-state index is 0.240. The van der Waals surface area contributed by atoms with Gasteiger partial charge in [0.25, 0.3) is 0 Å². The van der Waals surface area contributed by atoms with Crippen molar-refractivity contribution >= 4 is 17.5 Å². The van der Waals surface area contributed by atoms with Crippen LogP contribution in [0.25, 0.3) is 0 Å². The van der Waals surface area contributed by atoms with Crippen molar-refractivity contribution < 1.29 is 28.8 Å². The summed E-state index contributed by atoms with van der Waals surface area (Å²) in [7, 11) is 0. The Labute approximate surface area is 151 Å². The summed E-state index contributed by atoms with van der Waals surface area (Å²) in [6.07, 6.45) is -3.14. The molecule has 5 unspecified atom stereocenters. The molecule has 0 bridgehead atoms. The Morgan fingerprint density at radius 1 is 1.40 bits per heavy atom. The van der Waals surface area contributed by atoms with E-state index in [1.165, 1.54) is 6.92 Å². The number of benzene rings is 1. The molecule has 2 aliphatic rings. The SMILES string of the molecule is CC(=O)NC1C(Oc2ccccc2Cl)OC2COC(C)(C)OC2C1O. The van der Waals surface area contributed by atoms with Gasteiger partial charge < -0.3 is 29.4 Å². The summed E-state index contributed by atoms with van der Waals surface area (Å²) in [6, 6.07) is 6.10. The van der Waals surface area contributed by atoms with Gasteiger partial charge in [-0.25, -0.2) is 0 Å². The number of ether oxygens (including phenoxy) is 4. The summed E-state index contributed by atoms with van der Waals surface area (Å²) >= 11 is 6.13. The lowest BCUT2D eigenvalue weighted by molar-refractivity contribution is -0.361. The molecule has 0 aliphatic carbocycles. The maximum atomic E-state index is 11.6. The van der Waals surface area contributed by atoms with Crippen molar-refractivity contribution in [2.24, 2.45) is 0 Å². The van der Waals surface area contributed by atoms with Crippen LogP contribution in [0.5, 0.6) is 5.75 Å². The van der Waals surface area contributed by atoms with Crippen LogP contribution in [-0.4, -0.2) is 54.1 Å². The molecule has 3 rings (SSSR count). The second kappa shape index (κ2) is 7.09. The van der Waals surface area contributed by atoms with Crippen LogP contribution in [0.4, 0.5) is 0 Å². The third kappa shape index (κ3) is 4.07. The van der Waals surface area contributed by atoms with Gasteiger partial charge in [0.15, 0.2) is 5.79 Å². The first-order valence-electron chi connectivity index (χ1n) is 8.10. The zero-order valence-electron chi connectivity index (χ0n) is 14.3. The van der Waals surface area contributed by atoms with Crippen molar-refractivity contribution in [2.45, 2.75) is 57.2 Å². The van der Waals surface area contributed by atoms with E-state index in [0.717, 1.165) is 0 Å². The third-order valence-electron chi connectivity index (χ3n) is 4.14. The number of fused-ring (bicyclic) bond motifs is 1. The standard InChI is InChI=1S/C17H22ClNO6/c1-9(20)19-13-14(21)15-12(8-22-17(2,3)25-15)24-16(13)23-11-7-5-4-6-10(11)18/h4-7,12-16,21H,8H2,1-3H3,(H,19,20). The molecular weight excluding hydrogens is 350 g/mol. The molecule has 0 spiro atoms. The number of halogens is 1. The first-order valence-corrected chi connectivity index (χ1v) is 8.48. The first-order chi connectivity index (χ1) is 11.8. The van der Waals surface area contributed by atoms with Crippen LogP contribution in [0.1, 0.15) is 20.8 Å². The van der Waals surface area contributed by atoms with Gasteiger partial charge in [0.2, 0.25) is 12.2 Å². The molecule has 25 heavy (non-hydrogen) atoms. The second-order valence-electron chi connectivity index (χ2n) is 6.60. The summed E-state index contributed by atoms with van der Waals surface area (Å²) in [6.45, 7) is 5.12. The predicted octanol–water partition coefficient (Wildman–Crippen LogP) is 1.46. The van der Waals surface area contributed by atoms with Crippen LogP contribution in [0.3, 0.4) is 0 Å².